The summed E-state index contributed by atoms with van der Waals surface area (Å²) in [5.41, 5.74) is 1.35. The summed E-state index contributed by atoms with van der Waals surface area (Å²) in [4.78, 5) is 14.5. The van der Waals surface area contributed by atoms with Gasteiger partial charge in [-0.3, -0.25) is 9.10 Å². The monoisotopic (exact) mass is 440 g/mol. The number of rotatable bonds is 9. The molecule has 0 saturated carbocycles. The fourth-order valence-electron chi connectivity index (χ4n) is 2.95. The molecule has 0 heterocycles. The molecular formula is C23H24N2O3S2. The summed E-state index contributed by atoms with van der Waals surface area (Å²) in [7, 11) is -3.42. The minimum absolute atomic E-state index is 0.141. The number of carbonyl (C=O) groups excluding carboxylic acids is 1. The number of benzene rings is 3. The SMILES string of the molecule is CS(=O)(=O)N(CCCC(=O)Nc1ccccc1Sc1ccccc1)c1ccccc1. The second kappa shape index (κ2) is 10.3. The Labute approximate surface area is 182 Å². The summed E-state index contributed by atoms with van der Waals surface area (Å²) in [5.74, 6) is -0.141. The zero-order valence-corrected chi connectivity index (χ0v) is 18.3. The summed E-state index contributed by atoms with van der Waals surface area (Å²) >= 11 is 1.58. The van der Waals surface area contributed by atoms with Gasteiger partial charge in [0.05, 0.1) is 17.6 Å². The van der Waals surface area contributed by atoms with Gasteiger partial charge in [0, 0.05) is 22.8 Å². The lowest BCUT2D eigenvalue weighted by atomic mass is 10.2. The van der Waals surface area contributed by atoms with Crippen molar-refractivity contribution in [1.29, 1.82) is 0 Å². The Bertz CT molecular complexity index is 1070. The van der Waals surface area contributed by atoms with E-state index in [1.165, 1.54) is 10.6 Å². The highest BCUT2D eigenvalue weighted by Crippen LogP contribution is 2.33. The maximum absolute atomic E-state index is 12.5. The number of carbonyl (C=O) groups is 1. The van der Waals surface area contributed by atoms with Crippen LogP contribution >= 0.6 is 11.8 Å². The van der Waals surface area contributed by atoms with Crippen LogP contribution < -0.4 is 9.62 Å². The first kappa shape index (κ1) is 21.9. The molecule has 30 heavy (non-hydrogen) atoms. The third-order valence-corrected chi connectivity index (χ3v) is 6.62. The Kier molecular flexibility index (Phi) is 7.54. The van der Waals surface area contributed by atoms with Gasteiger partial charge in [0.15, 0.2) is 0 Å². The van der Waals surface area contributed by atoms with E-state index >= 15 is 0 Å². The summed E-state index contributed by atoms with van der Waals surface area (Å²) in [6, 6.07) is 26.5. The van der Waals surface area contributed by atoms with Crippen molar-refractivity contribution in [3.8, 4) is 0 Å². The van der Waals surface area contributed by atoms with E-state index in [4.69, 9.17) is 0 Å². The van der Waals surface area contributed by atoms with Gasteiger partial charge in [-0.1, -0.05) is 60.3 Å². The summed E-state index contributed by atoms with van der Waals surface area (Å²) < 4.78 is 25.6. The molecule has 5 nitrogen and oxygen atoms in total. The number of nitrogens with zero attached hydrogens (tertiary/aromatic N) is 1. The van der Waals surface area contributed by atoms with Crippen molar-refractivity contribution in [2.24, 2.45) is 0 Å². The Hall–Kier alpha value is -2.77. The van der Waals surface area contributed by atoms with Crippen molar-refractivity contribution < 1.29 is 13.2 Å². The van der Waals surface area contributed by atoms with E-state index in [1.807, 2.05) is 60.7 Å². The summed E-state index contributed by atoms with van der Waals surface area (Å²) in [6.07, 6.45) is 1.82. The van der Waals surface area contributed by atoms with Gasteiger partial charge in [-0.05, 0) is 42.8 Å². The second-order valence-electron chi connectivity index (χ2n) is 6.73. The average molecular weight is 441 g/mol. The number of nitrogens with one attached hydrogen (secondary N) is 1. The fourth-order valence-corrected chi connectivity index (χ4v) is 4.84. The van der Waals surface area contributed by atoms with Crippen molar-refractivity contribution in [3.63, 3.8) is 0 Å². The van der Waals surface area contributed by atoms with Crippen LogP contribution in [-0.2, 0) is 14.8 Å². The molecule has 1 N–H and O–H groups in total. The highest BCUT2D eigenvalue weighted by molar-refractivity contribution is 7.99. The largest absolute Gasteiger partial charge is 0.325 e. The zero-order valence-electron chi connectivity index (χ0n) is 16.7. The van der Waals surface area contributed by atoms with Crippen molar-refractivity contribution in [3.05, 3.63) is 84.9 Å². The van der Waals surface area contributed by atoms with Crippen LogP contribution in [0.25, 0.3) is 0 Å². The normalized spacial score (nSPS) is 11.1. The van der Waals surface area contributed by atoms with Crippen molar-refractivity contribution >= 4 is 39.1 Å². The zero-order chi connectivity index (χ0) is 21.4. The van der Waals surface area contributed by atoms with E-state index in [0.717, 1.165) is 15.5 Å². The minimum Gasteiger partial charge on any atom is -0.325 e. The van der Waals surface area contributed by atoms with Gasteiger partial charge in [-0.2, -0.15) is 0 Å². The molecule has 3 aromatic rings. The van der Waals surface area contributed by atoms with E-state index in [-0.39, 0.29) is 18.9 Å². The van der Waals surface area contributed by atoms with Gasteiger partial charge in [-0.25, -0.2) is 8.42 Å². The Balaban J connectivity index is 1.60. The first-order valence-electron chi connectivity index (χ1n) is 9.58. The minimum atomic E-state index is -3.42. The molecular weight excluding hydrogens is 416 g/mol. The molecule has 0 aliphatic rings. The molecule has 3 rings (SSSR count). The van der Waals surface area contributed by atoms with E-state index in [9.17, 15) is 13.2 Å². The maximum atomic E-state index is 12.5. The van der Waals surface area contributed by atoms with Crippen LogP contribution in [0.1, 0.15) is 12.8 Å². The highest BCUT2D eigenvalue weighted by atomic mass is 32.2. The molecule has 0 aliphatic carbocycles. The standard InChI is InChI=1S/C23H24N2O3S2/c1-30(27,28)25(19-11-4-2-5-12-19)18-10-17-23(26)24-21-15-8-9-16-22(21)29-20-13-6-3-7-14-20/h2-9,11-16H,10,17-18H2,1H3,(H,24,26). The molecule has 0 bridgehead atoms. The molecule has 0 unspecified atom stereocenters. The molecule has 3 aromatic carbocycles. The van der Waals surface area contributed by atoms with Crippen LogP contribution in [0.15, 0.2) is 94.7 Å². The van der Waals surface area contributed by atoms with Gasteiger partial charge >= 0.3 is 0 Å². The Morgan fingerprint density at radius 3 is 2.17 bits per heavy atom. The van der Waals surface area contributed by atoms with Crippen molar-refractivity contribution in [1.82, 2.24) is 0 Å². The lowest BCUT2D eigenvalue weighted by Gasteiger charge is -2.22. The number of hydrogen-bond donors (Lipinski definition) is 1. The summed E-state index contributed by atoms with van der Waals surface area (Å²) in [5, 5.41) is 2.96. The average Bonchev–Trinajstić information content (AvgIpc) is 2.73. The van der Waals surface area contributed by atoms with Crippen molar-refractivity contribution in [2.75, 3.05) is 22.4 Å². The molecule has 0 aromatic heterocycles. The molecule has 0 fully saturated rings. The summed E-state index contributed by atoms with van der Waals surface area (Å²) in [6.45, 7) is 0.247. The van der Waals surface area contributed by atoms with Gasteiger partial charge in [0.2, 0.25) is 15.9 Å². The van der Waals surface area contributed by atoms with Gasteiger partial charge < -0.3 is 5.32 Å². The van der Waals surface area contributed by atoms with Crippen LogP contribution in [0.4, 0.5) is 11.4 Å². The lowest BCUT2D eigenvalue weighted by Crippen LogP contribution is -2.31. The van der Waals surface area contributed by atoms with E-state index in [2.05, 4.69) is 5.32 Å². The van der Waals surface area contributed by atoms with E-state index in [1.54, 1.807) is 36.0 Å². The molecule has 0 saturated heterocycles. The molecule has 0 aliphatic heterocycles. The molecule has 0 spiro atoms. The molecule has 0 radical (unpaired) electrons. The predicted molar refractivity (Wildman–Crippen MR) is 124 cm³/mol. The second-order valence-corrected chi connectivity index (χ2v) is 9.76. The van der Waals surface area contributed by atoms with E-state index in [0.29, 0.717) is 12.1 Å². The highest BCUT2D eigenvalue weighted by Gasteiger charge is 2.17. The van der Waals surface area contributed by atoms with E-state index < -0.39 is 10.0 Å². The van der Waals surface area contributed by atoms with Gasteiger partial charge in [0.25, 0.3) is 0 Å². The quantitative estimate of drug-likeness (QED) is 0.507. The number of para-hydroxylation sites is 2. The lowest BCUT2D eigenvalue weighted by molar-refractivity contribution is -0.116. The maximum Gasteiger partial charge on any atom is 0.232 e. The molecule has 0 atom stereocenters. The first-order valence-corrected chi connectivity index (χ1v) is 12.2. The fraction of sp³-hybridized carbons (Fsp3) is 0.174. The molecule has 1 amide bonds. The molecule has 7 heteroatoms. The first-order chi connectivity index (χ1) is 14.4. The third-order valence-electron chi connectivity index (χ3n) is 4.34. The number of hydrogen-bond acceptors (Lipinski definition) is 4. The van der Waals surface area contributed by atoms with Crippen LogP contribution in [0.2, 0.25) is 0 Å². The van der Waals surface area contributed by atoms with Crippen molar-refractivity contribution in [2.45, 2.75) is 22.6 Å². The third kappa shape index (κ3) is 6.37. The van der Waals surface area contributed by atoms with Crippen LogP contribution in [0.3, 0.4) is 0 Å². The van der Waals surface area contributed by atoms with Gasteiger partial charge in [-0.15, -0.1) is 0 Å². The topological polar surface area (TPSA) is 66.5 Å². The Morgan fingerprint density at radius 2 is 1.50 bits per heavy atom. The van der Waals surface area contributed by atoms with Crippen LogP contribution in [0.5, 0.6) is 0 Å². The predicted octanol–water partition coefficient (Wildman–Crippen LogP) is 5.02. The molecule has 156 valence electrons. The van der Waals surface area contributed by atoms with Crippen LogP contribution in [0, 0.1) is 0 Å². The van der Waals surface area contributed by atoms with Gasteiger partial charge in [0.1, 0.15) is 0 Å². The number of amides is 1. The van der Waals surface area contributed by atoms with Crippen LogP contribution in [-0.4, -0.2) is 27.1 Å². The number of anilines is 2. The smallest absolute Gasteiger partial charge is 0.232 e. The number of sulfonamides is 1. The Morgan fingerprint density at radius 1 is 0.900 bits per heavy atom.